The Morgan fingerprint density at radius 2 is 1.23 bits per heavy atom. The summed E-state index contributed by atoms with van der Waals surface area (Å²) in [4.78, 5) is 136. The molecule has 5 fully saturated rings. The number of nitrogens with two attached hydrogens (primary N) is 2. The van der Waals surface area contributed by atoms with Crippen LogP contribution in [-0.4, -0.2) is 179 Å². The lowest BCUT2D eigenvalue weighted by atomic mass is 9.54. The number of aliphatic hydroxyl groups excluding tert-OH is 5. The van der Waals surface area contributed by atoms with Gasteiger partial charge in [-0.3, -0.25) is 43.3 Å². The van der Waals surface area contributed by atoms with Gasteiger partial charge in [-0.2, -0.15) is 0 Å². The number of nitrogens with one attached hydrogen (secondary N) is 7. The molecule has 6 aliphatic heterocycles. The summed E-state index contributed by atoms with van der Waals surface area (Å²) in [5.41, 5.74) is 8.60. The highest BCUT2D eigenvalue weighted by Crippen LogP contribution is 2.55. The SMILES string of the molecule is CC(C)C[C@H](C(=O)N[C@H]1C(=O)N[C@@H](CC(N)=O)C(=O)N[C@H]2C(=O)N[C@H]3C(=O)N[C@H](C(=O)N[C@H](C(=O)NC4C5CC6CC(C5)CC4C6)c4cc(O)cc(O)c4-c4cc3ccc4O)[C@H](O)c3ccc(c(Cl)c3)Oc3cc2cc(c3O[C@H]2O[C@@H](CN)[C@H](O)[C@@H](O)[C@@H]2O)Oc2ccc(cc2Cl)[C@H]1O)N(C)C(=O)OC(C)(C)C. The lowest BCUT2D eigenvalue weighted by Crippen LogP contribution is -2.60. The Morgan fingerprint density at radius 3 is 1.81 bits per heavy atom. The Balaban J connectivity index is 1.04. The average molecular weight is 1540 g/mol. The van der Waals surface area contributed by atoms with Gasteiger partial charge in [0, 0.05) is 36.8 Å². The van der Waals surface area contributed by atoms with Crippen LogP contribution in [0, 0.1) is 29.6 Å². The smallest absolute Gasteiger partial charge is 0.410 e. The Kier molecular flexibility index (Phi) is 22.4. The van der Waals surface area contributed by atoms with Gasteiger partial charge in [0.05, 0.1) is 16.5 Å². The number of benzene rings is 5. The number of fused-ring (bicyclic) bond motifs is 15. The number of hydrogen-bond acceptors (Lipinski definition) is 23. The van der Waals surface area contributed by atoms with E-state index in [1.165, 1.54) is 31.3 Å². The summed E-state index contributed by atoms with van der Waals surface area (Å²) in [6.07, 6.45) is -11.2. The standard InChI is InChI=1S/C74H86Cl2N10O22/c1-28(2)13-43(86(6)73(103)108-74(3,4)5)66(97)84-57-59(91)32-8-11-46(40(75)20-32)104-48-22-36-23-49(64(48)107-72-63(95)62(94)61(93)50(27-77)106-72)105-47-12-9-33(21-41(47)76)60(92)58-71(102)83-56(69(100)80-53-34-15-29-14-30(17-34)18-35(53)16-29)39-24-37(87)25-45(89)52(39)38-19-31(7-10-44(38)88)54(67(98)85-58)82-68(99)55(36)81-65(96)42(26-51(78)90)79-70(57)101/h7-12,19-25,28-30,34-35,42-43,50,53-63,72,87-89,91-95H,13-18,26-27,77H2,1-6H3,(H2,78,90)(H,79,101)(H,80,100)(H,81,96)(H,82,99)(H,83,102)(H,84,97)(H,85,98)/t29?,30?,34?,35?,42-,43+,50-,53?,54+,55+,56-,57+,58-,59+,60+,61-,62+,63-,72+/m0/s1. The van der Waals surface area contributed by atoms with Crippen LogP contribution in [0.5, 0.6) is 46.0 Å². The van der Waals surface area contributed by atoms with Crippen LogP contribution < -0.4 is 62.9 Å². The van der Waals surface area contributed by atoms with E-state index in [0.29, 0.717) is 11.8 Å². The Hall–Kier alpha value is -9.77. The number of rotatable bonds is 12. The number of phenols is 3. The zero-order valence-corrected chi connectivity index (χ0v) is 60.9. The highest BCUT2D eigenvalue weighted by atomic mass is 35.5. The van der Waals surface area contributed by atoms with Crippen LogP contribution in [0.25, 0.3) is 11.1 Å². The first kappa shape index (κ1) is 77.8. The van der Waals surface area contributed by atoms with Crippen LogP contribution in [-0.2, 0) is 47.8 Å². The van der Waals surface area contributed by atoms with E-state index in [1.54, 1.807) is 34.6 Å². The predicted molar refractivity (Wildman–Crippen MR) is 381 cm³/mol. The average Bonchev–Trinajstić information content (AvgIpc) is 0.761. The van der Waals surface area contributed by atoms with Gasteiger partial charge < -0.3 is 113 Å². The molecular weight excluding hydrogens is 1450 g/mol. The molecule has 19 N–H and O–H groups in total. The zero-order valence-electron chi connectivity index (χ0n) is 59.4. The number of ether oxygens (including phenoxy) is 5. The Bertz CT molecular complexity index is 4380. The lowest BCUT2D eigenvalue weighted by molar-refractivity contribution is -0.270. The summed E-state index contributed by atoms with van der Waals surface area (Å²) in [6.45, 7) is 7.83. The first-order chi connectivity index (χ1) is 51.0. The largest absolute Gasteiger partial charge is 0.508 e. The maximum atomic E-state index is 16.2. The van der Waals surface area contributed by atoms with Crippen molar-refractivity contribution in [2.24, 2.45) is 41.1 Å². The molecule has 15 rings (SSSR count). The fourth-order valence-corrected chi connectivity index (χ4v) is 16.2. The third-order valence-corrected chi connectivity index (χ3v) is 21.4. The highest BCUT2D eigenvalue weighted by molar-refractivity contribution is 6.32. The monoisotopic (exact) mass is 1540 g/mol. The van der Waals surface area contributed by atoms with Crippen molar-refractivity contribution in [2.75, 3.05) is 13.6 Å². The molecule has 0 aromatic heterocycles. The fraction of sp³-hybridized carbons (Fsp3) is 0.473. The summed E-state index contributed by atoms with van der Waals surface area (Å²) in [7, 11) is 1.28. The van der Waals surface area contributed by atoms with Crippen molar-refractivity contribution in [3.63, 3.8) is 0 Å². The van der Waals surface area contributed by atoms with E-state index in [9.17, 15) is 55.2 Å². The normalized spacial score (nSPS) is 29.1. The molecule has 108 heavy (non-hydrogen) atoms. The summed E-state index contributed by atoms with van der Waals surface area (Å²) in [5.74, 6) is -13.6. The fourth-order valence-electron chi connectivity index (χ4n) is 15.7. The van der Waals surface area contributed by atoms with Crippen LogP contribution in [0.4, 0.5) is 4.79 Å². The molecule has 1 saturated heterocycles. The van der Waals surface area contributed by atoms with Crippen molar-refractivity contribution >= 4 is 76.6 Å². The third-order valence-electron chi connectivity index (χ3n) is 20.8. The predicted octanol–water partition coefficient (Wildman–Crippen LogP) is 3.34. The van der Waals surface area contributed by atoms with Crippen LogP contribution in [0.2, 0.25) is 10.0 Å². The molecule has 6 heterocycles. The first-order valence-electron chi connectivity index (χ1n) is 35.3. The summed E-state index contributed by atoms with van der Waals surface area (Å²) >= 11 is 14.2. The number of halogens is 2. The number of carbonyl (C=O) groups is 9. The van der Waals surface area contributed by atoms with Gasteiger partial charge in [0.25, 0.3) is 0 Å². The third kappa shape index (κ3) is 16.2. The molecule has 34 heteroatoms. The highest BCUT2D eigenvalue weighted by Gasteiger charge is 2.51. The first-order valence-corrected chi connectivity index (χ1v) is 36.1. The van der Waals surface area contributed by atoms with E-state index >= 15 is 28.8 Å². The van der Waals surface area contributed by atoms with Crippen molar-refractivity contribution in [1.29, 1.82) is 0 Å². The van der Waals surface area contributed by atoms with Gasteiger partial charge in [-0.15, -0.1) is 0 Å². The molecule has 9 amide bonds. The van der Waals surface area contributed by atoms with E-state index in [0.717, 1.165) is 91.6 Å². The molecule has 14 atom stereocenters. The zero-order chi connectivity index (χ0) is 78.0. The van der Waals surface area contributed by atoms with Gasteiger partial charge in [-0.1, -0.05) is 55.2 Å². The minimum atomic E-state index is -2.33. The summed E-state index contributed by atoms with van der Waals surface area (Å²) < 4.78 is 31.0. The van der Waals surface area contributed by atoms with E-state index in [1.807, 2.05) is 0 Å². The van der Waals surface area contributed by atoms with Crippen molar-refractivity contribution in [3.8, 4) is 57.1 Å². The number of aromatic hydroxyl groups is 3. The molecule has 10 aliphatic rings. The Labute approximate surface area is 628 Å². The van der Waals surface area contributed by atoms with Crippen molar-refractivity contribution in [3.05, 3.63) is 117 Å². The summed E-state index contributed by atoms with van der Waals surface area (Å²) in [5, 5.41) is 112. The maximum Gasteiger partial charge on any atom is 0.410 e. The van der Waals surface area contributed by atoms with Crippen LogP contribution in [0.1, 0.15) is 138 Å². The van der Waals surface area contributed by atoms with E-state index < -0.39 is 197 Å². The van der Waals surface area contributed by atoms with Crippen LogP contribution in [0.15, 0.2) is 78.9 Å². The molecule has 5 aromatic rings. The maximum absolute atomic E-state index is 16.2. The van der Waals surface area contributed by atoms with Crippen molar-refractivity contribution < 1.29 is 108 Å². The molecule has 32 nitrogen and oxygen atoms in total. The number of nitrogens with zero attached hydrogens (tertiary/aromatic N) is 1. The molecule has 4 aliphatic carbocycles. The molecular formula is C74H86Cl2N10O22. The number of hydrogen-bond donors (Lipinski definition) is 17. The van der Waals surface area contributed by atoms with Gasteiger partial charge in [-0.25, -0.2) is 4.79 Å². The number of phenolic OH excluding ortho intramolecular Hbond substituents is 3. The van der Waals surface area contributed by atoms with E-state index in [2.05, 4.69) is 37.2 Å². The Morgan fingerprint density at radius 1 is 0.648 bits per heavy atom. The minimum absolute atomic E-state index is 0.0426. The molecule has 0 radical (unpaired) electrons. The number of carbonyl (C=O) groups excluding carboxylic acids is 9. The van der Waals surface area contributed by atoms with Crippen LogP contribution in [0.3, 0.4) is 0 Å². The molecule has 4 saturated carbocycles. The quantitative estimate of drug-likeness (QED) is 0.0851. The second-order valence-corrected chi connectivity index (χ2v) is 30.9. The van der Waals surface area contributed by atoms with Gasteiger partial charge in [0.1, 0.15) is 113 Å². The number of likely N-dealkylation sites (N-methyl/N-ethyl adjacent to an activating group) is 1. The molecule has 15 bridgehead atoms. The number of primary amides is 1. The minimum Gasteiger partial charge on any atom is -0.508 e. The molecule has 0 spiro atoms. The molecule has 0 unspecified atom stereocenters. The topological polar surface area (TPSA) is 501 Å². The van der Waals surface area contributed by atoms with Crippen molar-refractivity contribution in [1.82, 2.24) is 42.1 Å². The van der Waals surface area contributed by atoms with E-state index in [-0.39, 0.29) is 85.1 Å². The second-order valence-electron chi connectivity index (χ2n) is 30.1. The van der Waals surface area contributed by atoms with E-state index in [4.69, 9.17) is 58.4 Å². The molecule has 5 aromatic carbocycles. The number of aliphatic hydroxyl groups is 5. The van der Waals surface area contributed by atoms with Gasteiger partial charge in [0.15, 0.2) is 11.5 Å². The van der Waals surface area contributed by atoms with Gasteiger partial charge in [0.2, 0.25) is 59.3 Å². The van der Waals surface area contributed by atoms with Crippen molar-refractivity contribution in [2.45, 2.75) is 176 Å². The molecule has 578 valence electrons. The summed E-state index contributed by atoms with van der Waals surface area (Å²) in [6, 6.07) is -0.242. The van der Waals surface area contributed by atoms with Crippen LogP contribution >= 0.6 is 23.2 Å². The van der Waals surface area contributed by atoms with Gasteiger partial charge >= 0.3 is 6.09 Å². The number of amides is 9. The lowest BCUT2D eigenvalue weighted by Gasteiger charge is -2.54. The van der Waals surface area contributed by atoms with Gasteiger partial charge in [-0.05, 0) is 171 Å². The second kappa shape index (κ2) is 31.1.